The molecule has 4 fully saturated rings. The Kier molecular flexibility index (Phi) is 4.52. The maximum Gasteiger partial charge on any atom is 0.249 e. The number of nitrogens with zero attached hydrogens (tertiary/aromatic N) is 4. The Labute approximate surface area is 181 Å². The standard InChI is InChI=1S/C23H30N6O2/c30-20(12-17-13-24-17)28-11-10-23(14-28)8-6-15(7-9-23)18-2-1-3-19-25-22(27-29(18)19)26-21(31)16-4-5-16/h1-3,15-17,24H,4-14H2,(H,26,27,31). The van der Waals surface area contributed by atoms with Crippen LogP contribution < -0.4 is 10.6 Å². The number of aromatic nitrogens is 3. The number of carbonyl (C=O) groups is 2. The SMILES string of the molecule is O=C(Nc1nc2cccc(C3CCC4(CC3)CCN(C(=O)CC3CN3)C4)n2n1)C1CC1. The van der Waals surface area contributed by atoms with E-state index in [2.05, 4.69) is 31.7 Å². The van der Waals surface area contributed by atoms with Crippen LogP contribution >= 0.6 is 0 Å². The van der Waals surface area contributed by atoms with E-state index in [4.69, 9.17) is 0 Å². The Bertz CT molecular complexity index is 1020. The van der Waals surface area contributed by atoms with E-state index in [0.717, 1.165) is 70.2 Å². The molecule has 2 saturated carbocycles. The minimum absolute atomic E-state index is 0.0369. The van der Waals surface area contributed by atoms with Crippen molar-refractivity contribution in [1.29, 1.82) is 0 Å². The van der Waals surface area contributed by atoms with Gasteiger partial charge in [0.2, 0.25) is 17.8 Å². The van der Waals surface area contributed by atoms with Crippen LogP contribution in [-0.4, -0.2) is 57.0 Å². The summed E-state index contributed by atoms with van der Waals surface area (Å²) in [5.41, 5.74) is 2.26. The van der Waals surface area contributed by atoms with Gasteiger partial charge in [-0.25, -0.2) is 4.52 Å². The van der Waals surface area contributed by atoms with Crippen LogP contribution in [0.25, 0.3) is 5.65 Å². The number of anilines is 1. The average Bonchev–Trinajstić information content (AvgIpc) is 3.69. The number of hydrogen-bond donors (Lipinski definition) is 2. The number of pyridine rings is 1. The summed E-state index contributed by atoms with van der Waals surface area (Å²) in [6, 6.07) is 6.55. The molecular weight excluding hydrogens is 392 g/mol. The molecule has 2 saturated heterocycles. The molecular formula is C23H30N6O2. The summed E-state index contributed by atoms with van der Waals surface area (Å²) in [5, 5.41) is 10.7. The highest BCUT2D eigenvalue weighted by Gasteiger charge is 2.43. The van der Waals surface area contributed by atoms with Gasteiger partial charge < -0.3 is 10.2 Å². The molecule has 2 aliphatic carbocycles. The van der Waals surface area contributed by atoms with Gasteiger partial charge in [0.15, 0.2) is 5.65 Å². The molecule has 6 rings (SSSR count). The number of likely N-dealkylation sites (tertiary alicyclic amines) is 1. The Hall–Kier alpha value is -2.48. The lowest BCUT2D eigenvalue weighted by atomic mass is 9.69. The lowest BCUT2D eigenvalue weighted by Gasteiger charge is -2.37. The second-order valence-electron chi connectivity index (χ2n) is 10.1. The Balaban J connectivity index is 1.13. The van der Waals surface area contributed by atoms with Crippen molar-refractivity contribution in [3.05, 3.63) is 23.9 Å². The highest BCUT2D eigenvalue weighted by Crippen LogP contribution is 2.48. The zero-order valence-corrected chi connectivity index (χ0v) is 17.8. The quantitative estimate of drug-likeness (QED) is 0.720. The maximum atomic E-state index is 12.5. The fourth-order valence-electron chi connectivity index (χ4n) is 5.49. The first kappa shape index (κ1) is 19.2. The van der Waals surface area contributed by atoms with Crippen LogP contribution in [0, 0.1) is 11.3 Å². The first-order valence-electron chi connectivity index (χ1n) is 11.8. The molecule has 2 aromatic rings. The summed E-state index contributed by atoms with van der Waals surface area (Å²) in [4.78, 5) is 31.2. The van der Waals surface area contributed by atoms with Crippen LogP contribution in [-0.2, 0) is 9.59 Å². The molecule has 1 unspecified atom stereocenters. The first-order chi connectivity index (χ1) is 15.1. The Morgan fingerprint density at radius 1 is 1.16 bits per heavy atom. The van der Waals surface area contributed by atoms with Crippen LogP contribution in [0.4, 0.5) is 5.95 Å². The molecule has 2 aliphatic heterocycles. The molecule has 8 nitrogen and oxygen atoms in total. The summed E-state index contributed by atoms with van der Waals surface area (Å²) in [6.07, 6.45) is 8.24. The van der Waals surface area contributed by atoms with Crippen molar-refractivity contribution < 1.29 is 9.59 Å². The third kappa shape index (κ3) is 3.82. The van der Waals surface area contributed by atoms with Gasteiger partial charge in [-0.1, -0.05) is 6.07 Å². The zero-order chi connectivity index (χ0) is 21.0. The predicted octanol–water partition coefficient (Wildman–Crippen LogP) is 2.32. The van der Waals surface area contributed by atoms with Crippen LogP contribution in [0.3, 0.4) is 0 Å². The number of rotatable bonds is 5. The van der Waals surface area contributed by atoms with Gasteiger partial charge in [0.1, 0.15) is 0 Å². The fraction of sp³-hybridized carbons (Fsp3) is 0.652. The molecule has 2 amide bonds. The van der Waals surface area contributed by atoms with Gasteiger partial charge in [0.05, 0.1) is 0 Å². The molecule has 4 heterocycles. The lowest BCUT2D eigenvalue weighted by molar-refractivity contribution is -0.130. The molecule has 164 valence electrons. The molecule has 31 heavy (non-hydrogen) atoms. The topological polar surface area (TPSA) is 102 Å². The van der Waals surface area contributed by atoms with Gasteiger partial charge in [0, 0.05) is 49.6 Å². The van der Waals surface area contributed by atoms with Crippen LogP contribution in [0.1, 0.15) is 63.0 Å². The normalized spacial score (nSPS) is 30.1. The minimum Gasteiger partial charge on any atom is -0.342 e. The van der Waals surface area contributed by atoms with Gasteiger partial charge in [0.25, 0.3) is 0 Å². The van der Waals surface area contributed by atoms with Crippen LogP contribution in [0.2, 0.25) is 0 Å². The molecule has 1 spiro atoms. The van der Waals surface area contributed by atoms with E-state index in [9.17, 15) is 9.59 Å². The van der Waals surface area contributed by atoms with E-state index >= 15 is 0 Å². The number of fused-ring (bicyclic) bond motifs is 1. The second-order valence-corrected chi connectivity index (χ2v) is 10.1. The molecule has 0 bridgehead atoms. The van der Waals surface area contributed by atoms with Gasteiger partial charge in [-0.05, 0) is 62.5 Å². The maximum absolute atomic E-state index is 12.5. The van der Waals surface area contributed by atoms with Crippen molar-refractivity contribution in [2.45, 2.75) is 63.3 Å². The van der Waals surface area contributed by atoms with E-state index in [0.29, 0.717) is 35.7 Å². The Morgan fingerprint density at radius 2 is 1.97 bits per heavy atom. The monoisotopic (exact) mass is 422 g/mol. The molecule has 1 atom stereocenters. The number of amides is 2. The number of hydrogen-bond acceptors (Lipinski definition) is 5. The molecule has 2 aromatic heterocycles. The smallest absolute Gasteiger partial charge is 0.249 e. The molecule has 2 N–H and O–H groups in total. The van der Waals surface area contributed by atoms with Gasteiger partial charge >= 0.3 is 0 Å². The second kappa shape index (κ2) is 7.29. The van der Waals surface area contributed by atoms with Crippen molar-refractivity contribution in [1.82, 2.24) is 24.8 Å². The minimum atomic E-state index is 0.0369. The zero-order valence-electron chi connectivity index (χ0n) is 17.8. The van der Waals surface area contributed by atoms with Gasteiger partial charge in [-0.2, -0.15) is 4.98 Å². The highest BCUT2D eigenvalue weighted by molar-refractivity contribution is 5.92. The van der Waals surface area contributed by atoms with Crippen molar-refractivity contribution in [3.63, 3.8) is 0 Å². The first-order valence-corrected chi connectivity index (χ1v) is 11.8. The molecule has 4 aliphatic rings. The van der Waals surface area contributed by atoms with E-state index < -0.39 is 0 Å². The van der Waals surface area contributed by atoms with E-state index in [1.54, 1.807) is 0 Å². The van der Waals surface area contributed by atoms with E-state index in [1.807, 2.05) is 16.6 Å². The van der Waals surface area contributed by atoms with Crippen molar-refractivity contribution in [2.24, 2.45) is 11.3 Å². The molecule has 8 heteroatoms. The van der Waals surface area contributed by atoms with E-state index in [-0.39, 0.29) is 11.8 Å². The van der Waals surface area contributed by atoms with Crippen molar-refractivity contribution in [2.75, 3.05) is 25.0 Å². The largest absolute Gasteiger partial charge is 0.342 e. The van der Waals surface area contributed by atoms with Gasteiger partial charge in [-0.15, -0.1) is 5.10 Å². The van der Waals surface area contributed by atoms with Crippen molar-refractivity contribution in [3.8, 4) is 0 Å². The molecule has 0 radical (unpaired) electrons. The van der Waals surface area contributed by atoms with Gasteiger partial charge in [-0.3, -0.25) is 14.9 Å². The summed E-state index contributed by atoms with van der Waals surface area (Å²) < 4.78 is 1.91. The van der Waals surface area contributed by atoms with Crippen molar-refractivity contribution >= 4 is 23.4 Å². The average molecular weight is 423 g/mol. The summed E-state index contributed by atoms with van der Waals surface area (Å²) in [5.74, 6) is 1.34. The summed E-state index contributed by atoms with van der Waals surface area (Å²) >= 11 is 0. The van der Waals surface area contributed by atoms with E-state index in [1.165, 1.54) is 5.69 Å². The number of carbonyl (C=O) groups excluding carboxylic acids is 2. The Morgan fingerprint density at radius 3 is 2.71 bits per heavy atom. The highest BCUT2D eigenvalue weighted by atomic mass is 16.2. The third-order valence-corrected chi connectivity index (χ3v) is 7.74. The molecule has 0 aromatic carbocycles. The lowest BCUT2D eigenvalue weighted by Crippen LogP contribution is -2.35. The predicted molar refractivity (Wildman–Crippen MR) is 116 cm³/mol. The third-order valence-electron chi connectivity index (χ3n) is 7.74. The van der Waals surface area contributed by atoms with Crippen LogP contribution in [0.15, 0.2) is 18.2 Å². The number of nitrogens with one attached hydrogen (secondary N) is 2. The summed E-state index contributed by atoms with van der Waals surface area (Å²) in [6.45, 7) is 2.83. The fourth-order valence-corrected chi connectivity index (χ4v) is 5.49. The van der Waals surface area contributed by atoms with Crippen LogP contribution in [0.5, 0.6) is 0 Å². The summed E-state index contributed by atoms with van der Waals surface area (Å²) in [7, 11) is 0.